The molecule has 1 aromatic rings. The van der Waals surface area contributed by atoms with Gasteiger partial charge in [0.25, 0.3) is 0 Å². The fourth-order valence-corrected chi connectivity index (χ4v) is 0.934. The van der Waals surface area contributed by atoms with Crippen molar-refractivity contribution in [3.05, 3.63) is 29.0 Å². The topological polar surface area (TPSA) is 12.9 Å². The van der Waals surface area contributed by atoms with Crippen molar-refractivity contribution in [2.75, 3.05) is 0 Å². The molecular formula is C10H16ClN. The smallest absolute Gasteiger partial charge is 0.0621 e. The maximum absolute atomic E-state index is 5.76. The van der Waals surface area contributed by atoms with Gasteiger partial charge in [-0.1, -0.05) is 38.8 Å². The zero-order valence-electron chi connectivity index (χ0n) is 7.97. The molecule has 0 aliphatic rings. The molecule has 68 valence electrons. The maximum Gasteiger partial charge on any atom is 0.0621 e. The summed E-state index contributed by atoms with van der Waals surface area (Å²) in [4.78, 5) is 4.06. The highest BCUT2D eigenvalue weighted by Crippen LogP contribution is 2.11. The van der Waals surface area contributed by atoms with E-state index in [1.807, 2.05) is 19.1 Å². The maximum atomic E-state index is 5.76. The summed E-state index contributed by atoms with van der Waals surface area (Å²) in [5.74, 6) is 0. The van der Waals surface area contributed by atoms with E-state index in [1.165, 1.54) is 6.42 Å². The average Bonchev–Trinajstić information content (AvgIpc) is 2.07. The van der Waals surface area contributed by atoms with Crippen LogP contribution in [-0.4, -0.2) is 4.98 Å². The summed E-state index contributed by atoms with van der Waals surface area (Å²) in [6.07, 6.45) is 3.91. The molecule has 0 aliphatic heterocycles. The number of aryl methyl sites for hydroxylation is 1. The Hall–Kier alpha value is -0.560. The molecule has 0 bridgehead atoms. The van der Waals surface area contributed by atoms with Gasteiger partial charge in [0.1, 0.15) is 0 Å². The predicted octanol–water partition coefficient (Wildman–Crippen LogP) is 3.71. The van der Waals surface area contributed by atoms with E-state index < -0.39 is 0 Å². The molecule has 0 N–H and O–H groups in total. The van der Waals surface area contributed by atoms with Crippen LogP contribution in [0.2, 0.25) is 5.02 Å². The van der Waals surface area contributed by atoms with Gasteiger partial charge in [-0.3, -0.25) is 4.98 Å². The van der Waals surface area contributed by atoms with Crippen LogP contribution in [-0.2, 0) is 6.42 Å². The van der Waals surface area contributed by atoms with Crippen molar-refractivity contribution in [3.8, 4) is 0 Å². The molecule has 0 aliphatic carbocycles. The Morgan fingerprint density at radius 2 is 1.92 bits per heavy atom. The summed E-state index contributed by atoms with van der Waals surface area (Å²) in [6, 6.07) is 3.69. The van der Waals surface area contributed by atoms with Crippen molar-refractivity contribution >= 4 is 11.6 Å². The third-order valence-corrected chi connectivity index (χ3v) is 1.51. The van der Waals surface area contributed by atoms with Crippen LogP contribution in [0.4, 0.5) is 0 Å². The van der Waals surface area contributed by atoms with Crippen LogP contribution in [0.15, 0.2) is 18.3 Å². The lowest BCUT2D eigenvalue weighted by Crippen LogP contribution is -1.84. The first-order valence-corrected chi connectivity index (χ1v) is 4.73. The van der Waals surface area contributed by atoms with Gasteiger partial charge in [-0.25, -0.2) is 0 Å². The van der Waals surface area contributed by atoms with E-state index in [2.05, 4.69) is 18.8 Å². The minimum atomic E-state index is 0.764. The minimum absolute atomic E-state index is 0.764. The first kappa shape index (κ1) is 11.4. The van der Waals surface area contributed by atoms with Crippen LogP contribution >= 0.6 is 11.6 Å². The lowest BCUT2D eigenvalue weighted by molar-refractivity contribution is 1.04. The van der Waals surface area contributed by atoms with Crippen molar-refractivity contribution < 1.29 is 0 Å². The second-order valence-corrected chi connectivity index (χ2v) is 2.90. The van der Waals surface area contributed by atoms with Gasteiger partial charge in [0, 0.05) is 6.20 Å². The molecule has 0 atom stereocenters. The normalized spacial score (nSPS) is 8.67. The molecule has 0 saturated carbocycles. The second kappa shape index (κ2) is 7.11. The number of hydrogen-bond acceptors (Lipinski definition) is 1. The fourth-order valence-electron chi connectivity index (χ4n) is 0.679. The zero-order chi connectivity index (χ0) is 9.40. The lowest BCUT2D eigenvalue weighted by atomic mass is 10.3. The highest BCUT2D eigenvalue weighted by atomic mass is 35.5. The van der Waals surface area contributed by atoms with Crippen LogP contribution in [0.25, 0.3) is 0 Å². The Labute approximate surface area is 79.8 Å². The summed E-state index contributed by atoms with van der Waals surface area (Å²) < 4.78 is 0. The Morgan fingerprint density at radius 1 is 1.33 bits per heavy atom. The number of halogens is 1. The standard InChI is InChI=1S/C7H8ClN.C3H8/c1-2-7-6(8)4-3-5-9-7;1-3-2/h3-5H,2H2,1H3;3H2,1-2H3. The third kappa shape index (κ3) is 4.35. The molecule has 0 unspecified atom stereocenters. The van der Waals surface area contributed by atoms with Gasteiger partial charge in [-0.05, 0) is 18.6 Å². The minimum Gasteiger partial charge on any atom is -0.260 e. The first-order chi connectivity index (χ1) is 5.76. The molecular weight excluding hydrogens is 170 g/mol. The van der Waals surface area contributed by atoms with Crippen molar-refractivity contribution in [1.82, 2.24) is 4.98 Å². The molecule has 1 rings (SSSR count). The second-order valence-electron chi connectivity index (χ2n) is 2.49. The highest BCUT2D eigenvalue weighted by molar-refractivity contribution is 6.31. The van der Waals surface area contributed by atoms with E-state index in [1.54, 1.807) is 6.20 Å². The van der Waals surface area contributed by atoms with Crippen molar-refractivity contribution in [2.24, 2.45) is 0 Å². The Morgan fingerprint density at radius 3 is 2.25 bits per heavy atom. The molecule has 1 nitrogen and oxygen atoms in total. The summed E-state index contributed by atoms with van der Waals surface area (Å²) >= 11 is 5.76. The summed E-state index contributed by atoms with van der Waals surface area (Å²) in [7, 11) is 0. The van der Waals surface area contributed by atoms with Crippen LogP contribution in [0.1, 0.15) is 32.9 Å². The van der Waals surface area contributed by atoms with Gasteiger partial charge in [-0.2, -0.15) is 0 Å². The average molecular weight is 186 g/mol. The molecule has 0 aromatic carbocycles. The number of aromatic nitrogens is 1. The third-order valence-electron chi connectivity index (χ3n) is 1.17. The lowest BCUT2D eigenvalue weighted by Gasteiger charge is -1.95. The quantitative estimate of drug-likeness (QED) is 0.650. The Balaban J connectivity index is 0.000000354. The first-order valence-electron chi connectivity index (χ1n) is 4.35. The van der Waals surface area contributed by atoms with Crippen molar-refractivity contribution in [3.63, 3.8) is 0 Å². The van der Waals surface area contributed by atoms with Crippen molar-refractivity contribution in [1.29, 1.82) is 0 Å². The number of nitrogens with zero attached hydrogens (tertiary/aromatic N) is 1. The fraction of sp³-hybridized carbons (Fsp3) is 0.500. The van der Waals surface area contributed by atoms with Crippen LogP contribution in [0.5, 0.6) is 0 Å². The molecule has 1 heterocycles. The van der Waals surface area contributed by atoms with Gasteiger partial charge in [-0.15, -0.1) is 0 Å². The van der Waals surface area contributed by atoms with E-state index in [0.29, 0.717) is 0 Å². The van der Waals surface area contributed by atoms with E-state index in [0.717, 1.165) is 17.1 Å². The van der Waals surface area contributed by atoms with Gasteiger partial charge < -0.3 is 0 Å². The molecule has 1 aromatic heterocycles. The monoisotopic (exact) mass is 185 g/mol. The Bertz CT molecular complexity index is 211. The summed E-state index contributed by atoms with van der Waals surface area (Å²) in [5.41, 5.74) is 0.971. The van der Waals surface area contributed by atoms with E-state index in [4.69, 9.17) is 11.6 Å². The SMILES string of the molecule is CCC.CCc1ncccc1Cl. The number of hydrogen-bond donors (Lipinski definition) is 0. The number of rotatable bonds is 1. The zero-order valence-corrected chi connectivity index (χ0v) is 8.73. The van der Waals surface area contributed by atoms with Gasteiger partial charge >= 0.3 is 0 Å². The molecule has 0 radical (unpaired) electrons. The van der Waals surface area contributed by atoms with Crippen LogP contribution in [0, 0.1) is 0 Å². The molecule has 2 heteroatoms. The van der Waals surface area contributed by atoms with E-state index >= 15 is 0 Å². The molecule has 0 amide bonds. The van der Waals surface area contributed by atoms with Crippen molar-refractivity contribution in [2.45, 2.75) is 33.6 Å². The number of pyridine rings is 1. The summed E-state index contributed by atoms with van der Waals surface area (Å²) in [6.45, 7) is 6.29. The molecule has 0 fully saturated rings. The molecule has 0 spiro atoms. The molecule has 12 heavy (non-hydrogen) atoms. The summed E-state index contributed by atoms with van der Waals surface area (Å²) in [5, 5.41) is 0.764. The van der Waals surface area contributed by atoms with E-state index in [-0.39, 0.29) is 0 Å². The van der Waals surface area contributed by atoms with Gasteiger partial charge in [0.2, 0.25) is 0 Å². The van der Waals surface area contributed by atoms with E-state index in [9.17, 15) is 0 Å². The van der Waals surface area contributed by atoms with Crippen LogP contribution in [0.3, 0.4) is 0 Å². The van der Waals surface area contributed by atoms with Crippen LogP contribution < -0.4 is 0 Å². The van der Waals surface area contributed by atoms with Gasteiger partial charge in [0.15, 0.2) is 0 Å². The predicted molar refractivity (Wildman–Crippen MR) is 54.6 cm³/mol. The highest BCUT2D eigenvalue weighted by Gasteiger charge is 1.93. The largest absolute Gasteiger partial charge is 0.260 e. The Kier molecular flexibility index (Phi) is 6.78. The van der Waals surface area contributed by atoms with Gasteiger partial charge in [0.05, 0.1) is 10.7 Å². The molecule has 0 saturated heterocycles.